The third-order valence-corrected chi connectivity index (χ3v) is 4.99. The zero-order valence-corrected chi connectivity index (χ0v) is 11.5. The molecule has 0 heterocycles. The molecule has 2 aliphatic rings. The van der Waals surface area contributed by atoms with Crippen molar-refractivity contribution in [1.29, 1.82) is 5.26 Å². The molecule has 1 aromatic carbocycles. The largest absolute Gasteiger partial charge is 0.398 e. The van der Waals surface area contributed by atoms with E-state index in [-0.39, 0.29) is 0 Å². The molecule has 2 saturated carbocycles. The first-order valence-electron chi connectivity index (χ1n) is 7.18. The normalized spacial score (nSPS) is 28.3. The summed E-state index contributed by atoms with van der Waals surface area (Å²) in [6.07, 6.45) is 5.72. The van der Waals surface area contributed by atoms with Gasteiger partial charge in [-0.2, -0.15) is 5.26 Å². The summed E-state index contributed by atoms with van der Waals surface area (Å²) in [5, 5.41) is 9.05. The van der Waals surface area contributed by atoms with E-state index in [1.165, 1.54) is 25.7 Å². The van der Waals surface area contributed by atoms with Gasteiger partial charge in [0.2, 0.25) is 0 Å². The predicted octanol–water partition coefficient (Wildman–Crippen LogP) is 3.01. The number of hydrogen-bond donors (Lipinski definition) is 1. The van der Waals surface area contributed by atoms with E-state index in [0.29, 0.717) is 11.3 Å². The highest BCUT2D eigenvalue weighted by molar-refractivity contribution is 5.62. The second-order valence-corrected chi connectivity index (χ2v) is 6.20. The quantitative estimate of drug-likeness (QED) is 0.845. The third kappa shape index (κ3) is 2.28. The fraction of sp³-hybridized carbons (Fsp3) is 0.562. The van der Waals surface area contributed by atoms with E-state index in [4.69, 9.17) is 11.0 Å². The van der Waals surface area contributed by atoms with E-state index < -0.39 is 0 Å². The minimum absolute atomic E-state index is 0.569. The minimum atomic E-state index is 0.569. The molecule has 3 heteroatoms. The summed E-state index contributed by atoms with van der Waals surface area (Å²) < 4.78 is 0. The van der Waals surface area contributed by atoms with Crippen molar-refractivity contribution < 1.29 is 0 Å². The fourth-order valence-electron chi connectivity index (χ4n) is 3.94. The first-order chi connectivity index (χ1) is 9.17. The van der Waals surface area contributed by atoms with Gasteiger partial charge < -0.3 is 10.6 Å². The molecule has 3 atom stereocenters. The van der Waals surface area contributed by atoms with E-state index in [1.807, 2.05) is 18.2 Å². The topological polar surface area (TPSA) is 53.0 Å². The summed E-state index contributed by atoms with van der Waals surface area (Å²) >= 11 is 0. The minimum Gasteiger partial charge on any atom is -0.398 e. The number of benzene rings is 1. The van der Waals surface area contributed by atoms with Crippen molar-refractivity contribution in [1.82, 2.24) is 0 Å². The number of nitrogen functional groups attached to an aromatic ring is 1. The van der Waals surface area contributed by atoms with Crippen LogP contribution in [0, 0.1) is 29.1 Å². The third-order valence-electron chi connectivity index (χ3n) is 4.99. The van der Waals surface area contributed by atoms with Crippen molar-refractivity contribution in [3.05, 3.63) is 23.8 Å². The van der Waals surface area contributed by atoms with Gasteiger partial charge in [-0.3, -0.25) is 0 Å². The van der Waals surface area contributed by atoms with Gasteiger partial charge in [-0.25, -0.2) is 0 Å². The average Bonchev–Trinajstić information content (AvgIpc) is 3.01. The Labute approximate surface area is 115 Å². The molecule has 0 radical (unpaired) electrons. The van der Waals surface area contributed by atoms with Crippen LogP contribution in [-0.4, -0.2) is 13.6 Å². The Kier molecular flexibility index (Phi) is 3.10. The van der Waals surface area contributed by atoms with Gasteiger partial charge in [-0.15, -0.1) is 0 Å². The molecular formula is C16H21N3. The molecule has 0 amide bonds. The van der Waals surface area contributed by atoms with Crippen molar-refractivity contribution in [2.45, 2.75) is 25.7 Å². The van der Waals surface area contributed by atoms with Gasteiger partial charge in [0.25, 0.3) is 0 Å². The van der Waals surface area contributed by atoms with E-state index in [2.05, 4.69) is 18.0 Å². The Bertz CT molecular complexity index is 517. The van der Waals surface area contributed by atoms with Crippen molar-refractivity contribution in [2.24, 2.45) is 17.8 Å². The molecule has 100 valence electrons. The number of anilines is 2. The highest BCUT2D eigenvalue weighted by Crippen LogP contribution is 2.48. The molecule has 2 bridgehead atoms. The van der Waals surface area contributed by atoms with E-state index in [9.17, 15) is 0 Å². The van der Waals surface area contributed by atoms with Crippen LogP contribution in [0.1, 0.15) is 31.2 Å². The number of hydrogen-bond acceptors (Lipinski definition) is 3. The highest BCUT2D eigenvalue weighted by Gasteiger charge is 2.39. The molecular weight excluding hydrogens is 234 g/mol. The zero-order valence-electron chi connectivity index (χ0n) is 11.5. The van der Waals surface area contributed by atoms with Gasteiger partial charge in [0, 0.05) is 25.0 Å². The average molecular weight is 255 g/mol. The zero-order chi connectivity index (χ0) is 13.4. The number of nitrogens with two attached hydrogens (primary N) is 1. The maximum absolute atomic E-state index is 9.05. The van der Waals surface area contributed by atoms with E-state index >= 15 is 0 Å². The molecule has 0 aromatic heterocycles. The molecule has 0 aliphatic heterocycles. The van der Waals surface area contributed by atoms with Crippen LogP contribution in [0.3, 0.4) is 0 Å². The first kappa shape index (κ1) is 12.3. The van der Waals surface area contributed by atoms with Gasteiger partial charge >= 0.3 is 0 Å². The van der Waals surface area contributed by atoms with Crippen LogP contribution in [0.15, 0.2) is 18.2 Å². The second-order valence-electron chi connectivity index (χ2n) is 6.20. The van der Waals surface area contributed by atoms with Crippen molar-refractivity contribution >= 4 is 11.4 Å². The van der Waals surface area contributed by atoms with Crippen LogP contribution < -0.4 is 10.6 Å². The van der Waals surface area contributed by atoms with E-state index in [0.717, 1.165) is 30.0 Å². The van der Waals surface area contributed by atoms with Crippen molar-refractivity contribution in [2.75, 3.05) is 24.2 Å². The molecule has 19 heavy (non-hydrogen) atoms. The summed E-state index contributed by atoms with van der Waals surface area (Å²) in [6.45, 7) is 1.11. The monoisotopic (exact) mass is 255 g/mol. The lowest BCUT2D eigenvalue weighted by Gasteiger charge is -2.28. The lowest BCUT2D eigenvalue weighted by atomic mass is 9.88. The van der Waals surface area contributed by atoms with Crippen LogP contribution in [0.5, 0.6) is 0 Å². The Morgan fingerprint density at radius 3 is 2.84 bits per heavy atom. The predicted molar refractivity (Wildman–Crippen MR) is 77.8 cm³/mol. The first-order valence-corrected chi connectivity index (χ1v) is 7.18. The van der Waals surface area contributed by atoms with E-state index in [1.54, 1.807) is 0 Å². The summed E-state index contributed by atoms with van der Waals surface area (Å²) in [6, 6.07) is 7.92. The highest BCUT2D eigenvalue weighted by atomic mass is 15.1. The summed E-state index contributed by atoms with van der Waals surface area (Å²) in [5.74, 6) is 2.77. The Morgan fingerprint density at radius 2 is 2.21 bits per heavy atom. The van der Waals surface area contributed by atoms with Crippen LogP contribution in [0.2, 0.25) is 0 Å². The Morgan fingerprint density at radius 1 is 1.37 bits per heavy atom. The molecule has 2 N–H and O–H groups in total. The van der Waals surface area contributed by atoms with Crippen LogP contribution in [0.25, 0.3) is 0 Å². The van der Waals surface area contributed by atoms with Crippen LogP contribution in [-0.2, 0) is 0 Å². The number of nitrogens with zero attached hydrogens (tertiary/aromatic N) is 2. The molecule has 0 saturated heterocycles. The standard InChI is InChI=1S/C16H21N3/c1-19(10-14-7-11-2-3-12(14)6-11)15-4-5-16(18)13(8-15)9-17/h4-5,8,11-12,14H,2-3,6-7,10,18H2,1H3. The number of rotatable bonds is 3. The molecule has 3 rings (SSSR count). The van der Waals surface area contributed by atoms with Crippen LogP contribution >= 0.6 is 0 Å². The molecule has 3 unspecified atom stereocenters. The molecule has 3 nitrogen and oxygen atoms in total. The molecule has 0 spiro atoms. The maximum Gasteiger partial charge on any atom is 0.101 e. The van der Waals surface area contributed by atoms with Gasteiger partial charge in [-0.1, -0.05) is 6.42 Å². The van der Waals surface area contributed by atoms with Crippen molar-refractivity contribution in [3.63, 3.8) is 0 Å². The molecule has 1 aromatic rings. The number of fused-ring (bicyclic) bond motifs is 2. The summed E-state index contributed by atoms with van der Waals surface area (Å²) in [7, 11) is 2.12. The summed E-state index contributed by atoms with van der Waals surface area (Å²) in [5.41, 5.74) is 8.03. The van der Waals surface area contributed by atoms with Gasteiger partial charge in [0.15, 0.2) is 0 Å². The Hall–Kier alpha value is -1.69. The Balaban J connectivity index is 1.70. The smallest absolute Gasteiger partial charge is 0.101 e. The maximum atomic E-state index is 9.05. The molecule has 2 aliphatic carbocycles. The van der Waals surface area contributed by atoms with Gasteiger partial charge in [0.05, 0.1) is 5.56 Å². The number of nitriles is 1. The van der Waals surface area contributed by atoms with Crippen LogP contribution in [0.4, 0.5) is 11.4 Å². The van der Waals surface area contributed by atoms with Gasteiger partial charge in [-0.05, 0) is 55.2 Å². The second kappa shape index (κ2) is 4.77. The lowest BCUT2D eigenvalue weighted by Crippen LogP contribution is -2.28. The van der Waals surface area contributed by atoms with Crippen molar-refractivity contribution in [3.8, 4) is 6.07 Å². The fourth-order valence-corrected chi connectivity index (χ4v) is 3.94. The van der Waals surface area contributed by atoms with Gasteiger partial charge in [0.1, 0.15) is 6.07 Å². The molecule has 2 fully saturated rings. The summed E-state index contributed by atoms with van der Waals surface area (Å²) in [4.78, 5) is 2.28. The lowest BCUT2D eigenvalue weighted by molar-refractivity contribution is 0.337. The SMILES string of the molecule is CN(CC1CC2CCC1C2)c1ccc(N)c(C#N)c1.